The number of rotatable bonds is 8. The lowest BCUT2D eigenvalue weighted by Crippen LogP contribution is -2.24. The Labute approximate surface area is 320 Å². The van der Waals surface area contributed by atoms with E-state index in [0.29, 0.717) is 17.3 Å². The van der Waals surface area contributed by atoms with Crippen LogP contribution in [0.1, 0.15) is 131 Å². The molecule has 9 nitrogen and oxygen atoms in total. The molecule has 0 amide bonds. The van der Waals surface area contributed by atoms with E-state index in [2.05, 4.69) is 146 Å². The van der Waals surface area contributed by atoms with Crippen molar-refractivity contribution in [1.82, 2.24) is 39.7 Å². The number of pyridine rings is 2. The molecule has 0 saturated heterocycles. The first-order valence-corrected chi connectivity index (χ1v) is 18.9. The van der Waals surface area contributed by atoms with Crippen molar-refractivity contribution < 1.29 is 4.74 Å². The van der Waals surface area contributed by atoms with Crippen molar-refractivity contribution in [2.75, 3.05) is 0 Å². The minimum Gasteiger partial charge on any atom is -0.457 e. The van der Waals surface area contributed by atoms with Crippen LogP contribution in [0.2, 0.25) is 0 Å². The Morgan fingerprint density at radius 3 is 1.65 bits per heavy atom. The van der Waals surface area contributed by atoms with Gasteiger partial charge in [-0.1, -0.05) is 96.1 Å². The van der Waals surface area contributed by atoms with Crippen LogP contribution in [0.5, 0.6) is 11.5 Å². The lowest BCUT2D eigenvalue weighted by Gasteiger charge is -2.23. The summed E-state index contributed by atoms with van der Waals surface area (Å²) in [7, 11) is 0. The van der Waals surface area contributed by atoms with Gasteiger partial charge in [-0.15, -0.1) is 10.2 Å². The van der Waals surface area contributed by atoms with Crippen molar-refractivity contribution in [3.8, 4) is 51.1 Å². The molecule has 2 aromatic carbocycles. The quantitative estimate of drug-likeness (QED) is 0.153. The first kappa shape index (κ1) is 38.4. The largest absolute Gasteiger partial charge is 0.457 e. The Hall–Kier alpha value is -5.31. The van der Waals surface area contributed by atoms with Gasteiger partial charge in [0.25, 0.3) is 0 Å². The van der Waals surface area contributed by atoms with Crippen molar-refractivity contribution >= 4 is 0 Å². The predicted octanol–water partition coefficient (Wildman–Crippen LogP) is 11.2. The van der Waals surface area contributed by atoms with Crippen LogP contribution in [-0.2, 0) is 16.2 Å². The minimum atomic E-state index is -0.240. The molecule has 4 heterocycles. The molecule has 4 aromatic heterocycles. The fourth-order valence-corrected chi connectivity index (χ4v) is 6.05. The first-order chi connectivity index (χ1) is 25.3. The van der Waals surface area contributed by atoms with E-state index in [1.165, 1.54) is 0 Å². The van der Waals surface area contributed by atoms with Crippen LogP contribution in [0.3, 0.4) is 0 Å². The molecule has 0 fully saturated rings. The molecule has 0 radical (unpaired) electrons. The van der Waals surface area contributed by atoms with Crippen LogP contribution in [0, 0.1) is 0 Å². The normalized spacial score (nSPS) is 12.5. The average Bonchev–Trinajstić information content (AvgIpc) is 3.57. The summed E-state index contributed by atoms with van der Waals surface area (Å²) in [4.78, 5) is 24.3. The standard InChI is InChI=1S/C45H54N8O/c1-27(2)39-51-52-40(28(3)4)53(39)33-21-31(36-16-14-15-18-46-36)23-35(26-33)54-34-22-30(20-32(25-34)43(5,6)7)37-24-29(17-19-47-37)38-48-41(44(8,9)10)50-42(49-38)45(11,12)13/h14-28H,1-13H3. The highest BCUT2D eigenvalue weighted by molar-refractivity contribution is 5.70. The summed E-state index contributed by atoms with van der Waals surface area (Å²) in [6.45, 7) is 28.0. The molecule has 0 saturated carbocycles. The van der Waals surface area contributed by atoms with E-state index in [9.17, 15) is 0 Å². The van der Waals surface area contributed by atoms with Crippen LogP contribution in [0.4, 0.5) is 0 Å². The topological polar surface area (TPSA) is 104 Å². The highest BCUT2D eigenvalue weighted by Gasteiger charge is 2.26. The van der Waals surface area contributed by atoms with Crippen LogP contribution < -0.4 is 4.74 Å². The molecule has 6 aromatic rings. The molecule has 0 aliphatic rings. The van der Waals surface area contributed by atoms with Crippen LogP contribution in [-0.4, -0.2) is 39.7 Å². The van der Waals surface area contributed by atoms with Crippen molar-refractivity contribution in [3.05, 3.63) is 108 Å². The highest BCUT2D eigenvalue weighted by atomic mass is 16.5. The summed E-state index contributed by atoms with van der Waals surface area (Å²) < 4.78 is 9.02. The first-order valence-electron chi connectivity index (χ1n) is 18.9. The van der Waals surface area contributed by atoms with Gasteiger partial charge in [0.2, 0.25) is 0 Å². The Bertz CT molecular complexity index is 2210. The van der Waals surface area contributed by atoms with Gasteiger partial charge in [0.15, 0.2) is 5.82 Å². The monoisotopic (exact) mass is 722 g/mol. The predicted molar refractivity (Wildman–Crippen MR) is 217 cm³/mol. The highest BCUT2D eigenvalue weighted by Crippen LogP contribution is 2.37. The van der Waals surface area contributed by atoms with E-state index in [1.807, 2.05) is 42.7 Å². The second-order valence-electron chi connectivity index (χ2n) is 17.8. The van der Waals surface area contributed by atoms with Crippen molar-refractivity contribution in [2.24, 2.45) is 0 Å². The third-order valence-electron chi connectivity index (χ3n) is 9.16. The molecule has 6 rings (SSSR count). The van der Waals surface area contributed by atoms with Crippen LogP contribution in [0.15, 0.2) is 79.1 Å². The Kier molecular flexibility index (Phi) is 10.3. The molecule has 0 aliphatic carbocycles. The van der Waals surface area contributed by atoms with E-state index in [1.54, 1.807) is 0 Å². The van der Waals surface area contributed by atoms with E-state index >= 15 is 0 Å². The molecule has 0 N–H and O–H groups in total. The SMILES string of the molecule is CC(C)c1nnc(C(C)C)n1-c1cc(Oc2cc(-c3cc(-c4nc(C(C)(C)C)nc(C(C)(C)C)n4)ccn3)cc(C(C)(C)C)c2)cc(-c2ccccn2)c1. The van der Waals surface area contributed by atoms with Crippen LogP contribution >= 0.6 is 0 Å². The smallest absolute Gasteiger partial charge is 0.163 e. The second kappa shape index (κ2) is 14.5. The Morgan fingerprint density at radius 1 is 0.537 bits per heavy atom. The van der Waals surface area contributed by atoms with Gasteiger partial charge in [-0.05, 0) is 65.6 Å². The molecule has 0 atom stereocenters. The molecule has 0 spiro atoms. The Balaban J connectivity index is 1.48. The van der Waals surface area contributed by atoms with E-state index in [4.69, 9.17) is 24.7 Å². The van der Waals surface area contributed by atoms with Gasteiger partial charge in [-0.2, -0.15) is 0 Å². The summed E-state index contributed by atoms with van der Waals surface area (Å²) in [5.74, 6) is 5.68. The fourth-order valence-electron chi connectivity index (χ4n) is 6.05. The number of hydrogen-bond donors (Lipinski definition) is 0. The molecule has 0 bridgehead atoms. The van der Waals surface area contributed by atoms with Crippen LogP contribution in [0.25, 0.3) is 39.6 Å². The minimum absolute atomic E-state index is 0.162. The zero-order chi connectivity index (χ0) is 39.2. The summed E-state index contributed by atoms with van der Waals surface area (Å²) in [5.41, 5.74) is 5.80. The number of ether oxygens (including phenoxy) is 1. The number of benzene rings is 2. The van der Waals surface area contributed by atoms with Gasteiger partial charge in [0.1, 0.15) is 34.8 Å². The summed E-state index contributed by atoms with van der Waals surface area (Å²) >= 11 is 0. The molecule has 9 heteroatoms. The lowest BCUT2D eigenvalue weighted by molar-refractivity contribution is 0.478. The number of aromatic nitrogens is 8. The van der Waals surface area contributed by atoms with E-state index < -0.39 is 0 Å². The zero-order valence-corrected chi connectivity index (χ0v) is 34.1. The maximum absolute atomic E-state index is 6.86. The van der Waals surface area contributed by atoms with Gasteiger partial charge in [0, 0.05) is 57.8 Å². The molecule has 54 heavy (non-hydrogen) atoms. The summed E-state index contributed by atoms with van der Waals surface area (Å²) in [6, 6.07) is 22.6. The van der Waals surface area contributed by atoms with Gasteiger partial charge in [-0.25, -0.2) is 15.0 Å². The van der Waals surface area contributed by atoms with E-state index in [-0.39, 0.29) is 28.1 Å². The third-order valence-corrected chi connectivity index (χ3v) is 9.16. The van der Waals surface area contributed by atoms with E-state index in [0.717, 1.165) is 62.6 Å². The number of nitrogens with zero attached hydrogens (tertiary/aromatic N) is 8. The van der Waals surface area contributed by atoms with Gasteiger partial charge in [0.05, 0.1) is 17.1 Å². The molecule has 0 aliphatic heterocycles. The fraction of sp³-hybridized carbons (Fsp3) is 0.400. The summed E-state index contributed by atoms with van der Waals surface area (Å²) in [6.07, 6.45) is 3.64. The van der Waals surface area contributed by atoms with Crippen molar-refractivity contribution in [1.29, 1.82) is 0 Å². The second-order valence-corrected chi connectivity index (χ2v) is 17.8. The molecular weight excluding hydrogens is 669 g/mol. The molecule has 0 unspecified atom stereocenters. The maximum Gasteiger partial charge on any atom is 0.163 e. The van der Waals surface area contributed by atoms with Crippen molar-refractivity contribution in [3.63, 3.8) is 0 Å². The van der Waals surface area contributed by atoms with Crippen molar-refractivity contribution in [2.45, 2.75) is 118 Å². The number of hydrogen-bond acceptors (Lipinski definition) is 8. The van der Waals surface area contributed by atoms with Gasteiger partial charge in [-0.3, -0.25) is 14.5 Å². The maximum atomic E-state index is 6.86. The molecular formula is C45H54N8O. The third kappa shape index (κ3) is 8.40. The summed E-state index contributed by atoms with van der Waals surface area (Å²) in [5, 5.41) is 9.23. The molecule has 280 valence electrons. The lowest BCUT2D eigenvalue weighted by atomic mass is 9.85. The van der Waals surface area contributed by atoms with Gasteiger partial charge < -0.3 is 4.74 Å². The van der Waals surface area contributed by atoms with Gasteiger partial charge >= 0.3 is 0 Å². The average molecular weight is 723 g/mol. The zero-order valence-electron chi connectivity index (χ0n) is 34.1. The Morgan fingerprint density at radius 2 is 1.11 bits per heavy atom.